The van der Waals surface area contributed by atoms with Crippen LogP contribution < -0.4 is 0 Å². The molecule has 2 N–H and O–H groups in total. The molecule has 0 radical (unpaired) electrons. The Balaban J connectivity index is 4.45. The fourth-order valence-electron chi connectivity index (χ4n) is 1.47. The highest BCUT2D eigenvalue weighted by molar-refractivity contribution is 9.10. The van der Waals surface area contributed by atoms with E-state index >= 15 is 0 Å². The SMILES string of the molecule is CCCC(O)(CCC)[C@@H](Br)C(=O)O. The van der Waals surface area contributed by atoms with Crippen LogP contribution >= 0.6 is 15.9 Å². The van der Waals surface area contributed by atoms with Crippen molar-refractivity contribution in [2.45, 2.75) is 50.0 Å². The summed E-state index contributed by atoms with van der Waals surface area (Å²) < 4.78 is 0. The number of hydrogen-bond donors (Lipinski definition) is 2. The van der Waals surface area contributed by atoms with Crippen LogP contribution in [-0.4, -0.2) is 26.6 Å². The molecule has 13 heavy (non-hydrogen) atoms. The molecule has 0 bridgehead atoms. The zero-order valence-electron chi connectivity index (χ0n) is 8.09. The molecule has 0 aromatic carbocycles. The second kappa shape index (κ2) is 5.60. The fourth-order valence-corrected chi connectivity index (χ4v) is 1.93. The molecule has 0 fully saturated rings. The van der Waals surface area contributed by atoms with Crippen molar-refractivity contribution in [3.8, 4) is 0 Å². The lowest BCUT2D eigenvalue weighted by Gasteiger charge is -2.30. The third-order valence-electron chi connectivity index (χ3n) is 2.05. The Morgan fingerprint density at radius 3 is 2.00 bits per heavy atom. The van der Waals surface area contributed by atoms with Gasteiger partial charge in [0.1, 0.15) is 4.83 Å². The van der Waals surface area contributed by atoms with Gasteiger partial charge in [-0.2, -0.15) is 0 Å². The van der Waals surface area contributed by atoms with Gasteiger partial charge >= 0.3 is 5.97 Å². The molecule has 78 valence electrons. The van der Waals surface area contributed by atoms with Crippen LogP contribution in [0.4, 0.5) is 0 Å². The van der Waals surface area contributed by atoms with E-state index in [1.54, 1.807) is 0 Å². The predicted molar refractivity (Wildman–Crippen MR) is 55.1 cm³/mol. The summed E-state index contributed by atoms with van der Waals surface area (Å²) in [4.78, 5) is 9.83. The molecule has 0 unspecified atom stereocenters. The molecule has 3 nitrogen and oxygen atoms in total. The maximum Gasteiger partial charge on any atom is 0.320 e. The van der Waals surface area contributed by atoms with Crippen molar-refractivity contribution in [2.24, 2.45) is 0 Å². The average molecular weight is 253 g/mol. The molecule has 1 atom stereocenters. The van der Waals surface area contributed by atoms with Gasteiger partial charge in [0.25, 0.3) is 0 Å². The number of carboxylic acid groups (broad SMARTS) is 1. The van der Waals surface area contributed by atoms with Gasteiger partial charge < -0.3 is 10.2 Å². The Morgan fingerprint density at radius 1 is 1.38 bits per heavy atom. The number of halogens is 1. The van der Waals surface area contributed by atoms with Crippen molar-refractivity contribution in [1.29, 1.82) is 0 Å². The largest absolute Gasteiger partial charge is 0.480 e. The maximum absolute atomic E-state index is 10.7. The quantitative estimate of drug-likeness (QED) is 0.713. The molecular weight excluding hydrogens is 236 g/mol. The minimum atomic E-state index is -1.10. The summed E-state index contributed by atoms with van der Waals surface area (Å²) in [5, 5.41) is 18.8. The molecule has 0 spiro atoms. The number of alkyl halides is 1. The van der Waals surface area contributed by atoms with Gasteiger partial charge in [-0.05, 0) is 12.8 Å². The molecule has 0 saturated heterocycles. The summed E-state index contributed by atoms with van der Waals surface area (Å²) in [5.74, 6) is -0.996. The lowest BCUT2D eigenvalue weighted by Crippen LogP contribution is -2.43. The van der Waals surface area contributed by atoms with Crippen molar-refractivity contribution < 1.29 is 15.0 Å². The van der Waals surface area contributed by atoms with Crippen LogP contribution in [0, 0.1) is 0 Å². The van der Waals surface area contributed by atoms with Crippen LogP contribution in [0.25, 0.3) is 0 Å². The summed E-state index contributed by atoms with van der Waals surface area (Å²) in [6, 6.07) is 0. The van der Waals surface area contributed by atoms with Crippen LogP contribution in [0.5, 0.6) is 0 Å². The van der Waals surface area contributed by atoms with Crippen molar-refractivity contribution in [3.05, 3.63) is 0 Å². The van der Waals surface area contributed by atoms with Crippen molar-refractivity contribution in [1.82, 2.24) is 0 Å². The van der Waals surface area contributed by atoms with E-state index in [9.17, 15) is 9.90 Å². The van der Waals surface area contributed by atoms with Crippen molar-refractivity contribution in [2.75, 3.05) is 0 Å². The Kier molecular flexibility index (Phi) is 5.56. The summed E-state index contributed by atoms with van der Waals surface area (Å²) >= 11 is 3.02. The zero-order valence-corrected chi connectivity index (χ0v) is 9.67. The molecule has 0 aromatic rings. The molecule has 0 rings (SSSR count). The van der Waals surface area contributed by atoms with Gasteiger partial charge in [-0.1, -0.05) is 42.6 Å². The smallest absolute Gasteiger partial charge is 0.320 e. The van der Waals surface area contributed by atoms with Crippen molar-refractivity contribution in [3.63, 3.8) is 0 Å². The standard InChI is InChI=1S/C9H17BrO3/c1-3-5-9(13,6-4-2)7(10)8(11)12/h7,13H,3-6H2,1-2H3,(H,11,12)/t7-/m0/s1. The molecule has 0 aliphatic rings. The van der Waals surface area contributed by atoms with E-state index in [0.29, 0.717) is 12.8 Å². The second-order valence-electron chi connectivity index (χ2n) is 3.30. The molecule has 0 amide bonds. The minimum Gasteiger partial charge on any atom is -0.480 e. The van der Waals surface area contributed by atoms with E-state index in [0.717, 1.165) is 12.8 Å². The van der Waals surface area contributed by atoms with E-state index in [2.05, 4.69) is 15.9 Å². The first-order chi connectivity index (χ1) is 5.98. The van der Waals surface area contributed by atoms with Crippen LogP contribution in [0.2, 0.25) is 0 Å². The molecular formula is C9H17BrO3. The Labute approximate surface area is 87.3 Å². The summed E-state index contributed by atoms with van der Waals surface area (Å²) in [7, 11) is 0. The third kappa shape index (κ3) is 3.65. The van der Waals surface area contributed by atoms with Gasteiger partial charge in [0.2, 0.25) is 0 Å². The van der Waals surface area contributed by atoms with Gasteiger partial charge in [-0.3, -0.25) is 4.79 Å². The highest BCUT2D eigenvalue weighted by atomic mass is 79.9. The normalized spacial score (nSPS) is 14.2. The fraction of sp³-hybridized carbons (Fsp3) is 0.889. The molecule has 0 saturated carbocycles. The number of aliphatic hydroxyl groups is 1. The van der Waals surface area contributed by atoms with Crippen molar-refractivity contribution >= 4 is 21.9 Å². The van der Waals surface area contributed by atoms with Gasteiger partial charge in [-0.25, -0.2) is 0 Å². The number of rotatable bonds is 6. The highest BCUT2D eigenvalue weighted by Gasteiger charge is 2.38. The predicted octanol–water partition coefficient (Wildman–Crippen LogP) is 2.17. The molecule has 0 aliphatic carbocycles. The Morgan fingerprint density at radius 2 is 1.77 bits per heavy atom. The first kappa shape index (κ1) is 12.9. The van der Waals surface area contributed by atoms with E-state index < -0.39 is 16.4 Å². The number of carboxylic acids is 1. The first-order valence-electron chi connectivity index (χ1n) is 4.57. The number of hydrogen-bond acceptors (Lipinski definition) is 2. The topological polar surface area (TPSA) is 57.5 Å². The van der Waals surface area contributed by atoms with Crippen LogP contribution in [0.3, 0.4) is 0 Å². The summed E-state index contributed by atoms with van der Waals surface area (Å²) in [6.07, 6.45) is 2.60. The Hall–Kier alpha value is -0.0900. The third-order valence-corrected chi connectivity index (χ3v) is 3.30. The van der Waals surface area contributed by atoms with E-state index in [-0.39, 0.29) is 0 Å². The number of aliphatic carboxylic acids is 1. The van der Waals surface area contributed by atoms with Crippen LogP contribution in [0.1, 0.15) is 39.5 Å². The summed E-state index contributed by atoms with van der Waals surface area (Å²) in [5.41, 5.74) is -1.10. The first-order valence-corrected chi connectivity index (χ1v) is 5.48. The lowest BCUT2D eigenvalue weighted by molar-refractivity contribution is -0.141. The van der Waals surface area contributed by atoms with Gasteiger partial charge in [-0.15, -0.1) is 0 Å². The second-order valence-corrected chi connectivity index (χ2v) is 4.22. The average Bonchev–Trinajstić information content (AvgIpc) is 2.03. The van der Waals surface area contributed by atoms with Gasteiger partial charge in [0.15, 0.2) is 0 Å². The monoisotopic (exact) mass is 252 g/mol. The van der Waals surface area contributed by atoms with E-state index in [1.807, 2.05) is 13.8 Å². The lowest BCUT2D eigenvalue weighted by atomic mass is 9.89. The van der Waals surface area contributed by atoms with E-state index in [1.165, 1.54) is 0 Å². The van der Waals surface area contributed by atoms with E-state index in [4.69, 9.17) is 5.11 Å². The molecule has 4 heteroatoms. The van der Waals surface area contributed by atoms with Crippen LogP contribution in [0.15, 0.2) is 0 Å². The number of carbonyl (C=O) groups is 1. The van der Waals surface area contributed by atoms with Gasteiger partial charge in [0, 0.05) is 0 Å². The van der Waals surface area contributed by atoms with Gasteiger partial charge in [0.05, 0.1) is 5.60 Å². The molecule has 0 aliphatic heterocycles. The maximum atomic E-state index is 10.7. The molecule has 0 heterocycles. The zero-order chi connectivity index (χ0) is 10.5. The molecule has 0 aromatic heterocycles. The minimum absolute atomic E-state index is 0.517. The van der Waals surface area contributed by atoms with Crippen LogP contribution in [-0.2, 0) is 4.79 Å². The highest BCUT2D eigenvalue weighted by Crippen LogP contribution is 2.28. The summed E-state index contributed by atoms with van der Waals surface area (Å²) in [6.45, 7) is 3.87. The Bertz CT molecular complexity index is 164.